The van der Waals surface area contributed by atoms with Gasteiger partial charge in [0, 0.05) is 6.07 Å². The number of carbonyl (C=O) groups excluding carboxylic acids is 1. The molecule has 7 heteroatoms. The SMILES string of the molecule is O=C(CS(=O)c1ccccc1[N+](=O)[O-])OCc1ccccc1. The maximum Gasteiger partial charge on any atom is 0.319 e. The first kappa shape index (κ1) is 15.8. The van der Waals surface area contributed by atoms with Gasteiger partial charge in [0.2, 0.25) is 0 Å². The van der Waals surface area contributed by atoms with Crippen LogP contribution in [0.3, 0.4) is 0 Å². The number of para-hydroxylation sites is 1. The second-order valence-corrected chi connectivity index (χ2v) is 5.78. The van der Waals surface area contributed by atoms with Crippen LogP contribution in [0.15, 0.2) is 59.5 Å². The number of nitro benzene ring substituents is 1. The molecule has 114 valence electrons. The zero-order chi connectivity index (χ0) is 15.9. The van der Waals surface area contributed by atoms with Crippen molar-refractivity contribution in [3.63, 3.8) is 0 Å². The molecule has 0 aliphatic rings. The van der Waals surface area contributed by atoms with E-state index in [1.54, 1.807) is 12.1 Å². The number of hydrogen-bond acceptors (Lipinski definition) is 5. The molecule has 1 atom stereocenters. The molecule has 0 spiro atoms. The zero-order valence-corrected chi connectivity index (χ0v) is 12.3. The standard InChI is InChI=1S/C15H13NO5S/c17-15(21-10-12-6-2-1-3-7-12)11-22(20)14-9-5-4-8-13(14)16(18)19/h1-9H,10-11H2. The van der Waals surface area contributed by atoms with Gasteiger partial charge in [0.25, 0.3) is 5.69 Å². The Morgan fingerprint density at radius 2 is 1.73 bits per heavy atom. The number of rotatable bonds is 6. The van der Waals surface area contributed by atoms with Crippen molar-refractivity contribution in [3.8, 4) is 0 Å². The summed E-state index contributed by atoms with van der Waals surface area (Å²) in [6, 6.07) is 14.7. The molecule has 0 aliphatic heterocycles. The molecule has 6 nitrogen and oxygen atoms in total. The maximum absolute atomic E-state index is 12.1. The highest BCUT2D eigenvalue weighted by Gasteiger charge is 2.20. The number of nitro groups is 1. The van der Waals surface area contributed by atoms with Crippen molar-refractivity contribution in [2.75, 3.05) is 5.75 Å². The van der Waals surface area contributed by atoms with Crippen LogP contribution in [0, 0.1) is 10.1 Å². The monoisotopic (exact) mass is 319 g/mol. The first-order chi connectivity index (χ1) is 10.6. The third-order valence-corrected chi connectivity index (χ3v) is 4.13. The Labute approximate surface area is 129 Å². The largest absolute Gasteiger partial charge is 0.460 e. The number of esters is 1. The van der Waals surface area contributed by atoms with E-state index in [1.807, 2.05) is 18.2 Å². The molecule has 0 radical (unpaired) electrons. The third kappa shape index (κ3) is 4.23. The first-order valence-electron chi connectivity index (χ1n) is 6.39. The van der Waals surface area contributed by atoms with E-state index in [0.717, 1.165) is 5.56 Å². The molecule has 0 saturated carbocycles. The molecule has 0 bridgehead atoms. The second kappa shape index (κ2) is 7.46. The van der Waals surface area contributed by atoms with Crippen molar-refractivity contribution in [2.24, 2.45) is 0 Å². The minimum Gasteiger partial charge on any atom is -0.460 e. The van der Waals surface area contributed by atoms with Gasteiger partial charge in [-0.15, -0.1) is 0 Å². The minimum atomic E-state index is -1.82. The van der Waals surface area contributed by atoms with Crippen LogP contribution in [-0.4, -0.2) is 20.9 Å². The lowest BCUT2D eigenvalue weighted by Gasteiger charge is -2.05. The van der Waals surface area contributed by atoms with Crippen LogP contribution in [0.1, 0.15) is 5.56 Å². The molecule has 2 aromatic carbocycles. The predicted molar refractivity (Wildman–Crippen MR) is 80.6 cm³/mol. The fraction of sp³-hybridized carbons (Fsp3) is 0.133. The van der Waals surface area contributed by atoms with Crippen molar-refractivity contribution in [1.29, 1.82) is 0 Å². The average molecular weight is 319 g/mol. The molecular formula is C15H13NO5S. The Kier molecular flexibility index (Phi) is 5.37. The van der Waals surface area contributed by atoms with Crippen LogP contribution in [-0.2, 0) is 26.9 Å². The van der Waals surface area contributed by atoms with E-state index in [0.29, 0.717) is 0 Å². The highest BCUT2D eigenvalue weighted by molar-refractivity contribution is 7.85. The summed E-state index contributed by atoms with van der Waals surface area (Å²) in [5.74, 6) is -1.09. The van der Waals surface area contributed by atoms with Crippen molar-refractivity contribution >= 4 is 22.5 Å². The molecule has 0 saturated heterocycles. The van der Waals surface area contributed by atoms with Crippen LogP contribution in [0.25, 0.3) is 0 Å². The van der Waals surface area contributed by atoms with Gasteiger partial charge in [-0.2, -0.15) is 0 Å². The summed E-state index contributed by atoms with van der Waals surface area (Å²) in [4.78, 5) is 22.0. The smallest absolute Gasteiger partial charge is 0.319 e. The molecule has 0 heterocycles. The Bertz CT molecular complexity index is 702. The predicted octanol–water partition coefficient (Wildman–Crippen LogP) is 2.45. The van der Waals surface area contributed by atoms with Crippen LogP contribution in [0.5, 0.6) is 0 Å². The first-order valence-corrected chi connectivity index (χ1v) is 7.71. The Morgan fingerprint density at radius 3 is 2.41 bits per heavy atom. The molecule has 0 amide bonds. The fourth-order valence-corrected chi connectivity index (χ4v) is 2.82. The molecule has 22 heavy (non-hydrogen) atoms. The molecule has 0 fully saturated rings. The number of hydrogen-bond donors (Lipinski definition) is 0. The lowest BCUT2D eigenvalue weighted by molar-refractivity contribution is -0.387. The van der Waals surface area contributed by atoms with Gasteiger partial charge in [0.05, 0.1) is 15.7 Å². The Hall–Kier alpha value is -2.54. The lowest BCUT2D eigenvalue weighted by Crippen LogP contribution is -2.15. The van der Waals surface area contributed by atoms with Gasteiger partial charge in [-0.1, -0.05) is 42.5 Å². The molecular weight excluding hydrogens is 306 g/mol. The van der Waals surface area contributed by atoms with Crippen molar-refractivity contribution in [1.82, 2.24) is 0 Å². The lowest BCUT2D eigenvalue weighted by atomic mass is 10.2. The van der Waals surface area contributed by atoms with E-state index in [4.69, 9.17) is 4.74 Å². The van der Waals surface area contributed by atoms with E-state index < -0.39 is 27.4 Å². The third-order valence-electron chi connectivity index (χ3n) is 2.80. The minimum absolute atomic E-state index is 0.0177. The fourth-order valence-electron chi connectivity index (χ4n) is 1.77. The summed E-state index contributed by atoms with van der Waals surface area (Å²) < 4.78 is 17.1. The van der Waals surface area contributed by atoms with Crippen LogP contribution >= 0.6 is 0 Å². The molecule has 1 unspecified atom stereocenters. The molecule has 0 N–H and O–H groups in total. The van der Waals surface area contributed by atoms with Gasteiger partial charge in [-0.05, 0) is 11.6 Å². The number of benzene rings is 2. The number of ether oxygens (including phenoxy) is 1. The molecule has 2 aromatic rings. The molecule has 2 rings (SSSR count). The van der Waals surface area contributed by atoms with Gasteiger partial charge >= 0.3 is 5.97 Å². The highest BCUT2D eigenvalue weighted by Crippen LogP contribution is 2.21. The molecule has 0 aliphatic carbocycles. The number of carbonyl (C=O) groups is 1. The summed E-state index contributed by atoms with van der Waals surface area (Å²) in [6.45, 7) is 0.0771. The van der Waals surface area contributed by atoms with E-state index >= 15 is 0 Å². The van der Waals surface area contributed by atoms with Crippen molar-refractivity contribution < 1.29 is 18.7 Å². The average Bonchev–Trinajstić information content (AvgIpc) is 2.54. The summed E-state index contributed by atoms with van der Waals surface area (Å²) in [7, 11) is -1.82. The van der Waals surface area contributed by atoms with Crippen molar-refractivity contribution in [3.05, 3.63) is 70.3 Å². The van der Waals surface area contributed by atoms with Gasteiger partial charge in [0.15, 0.2) is 0 Å². The topological polar surface area (TPSA) is 86.5 Å². The zero-order valence-electron chi connectivity index (χ0n) is 11.5. The summed E-state index contributed by atoms with van der Waals surface area (Å²) in [6.07, 6.45) is 0. The van der Waals surface area contributed by atoms with E-state index in [1.165, 1.54) is 24.3 Å². The van der Waals surface area contributed by atoms with Gasteiger partial charge in [-0.25, -0.2) is 0 Å². The van der Waals surface area contributed by atoms with Gasteiger partial charge in [-0.3, -0.25) is 19.1 Å². The Balaban J connectivity index is 1.97. The van der Waals surface area contributed by atoms with Crippen molar-refractivity contribution in [2.45, 2.75) is 11.5 Å². The summed E-state index contributed by atoms with van der Waals surface area (Å²) >= 11 is 0. The van der Waals surface area contributed by atoms with Crippen LogP contribution in [0.4, 0.5) is 5.69 Å². The Morgan fingerprint density at radius 1 is 1.09 bits per heavy atom. The van der Waals surface area contributed by atoms with Crippen LogP contribution in [0.2, 0.25) is 0 Å². The normalized spacial score (nSPS) is 11.6. The quantitative estimate of drug-likeness (QED) is 0.464. The van der Waals surface area contributed by atoms with E-state index in [-0.39, 0.29) is 17.2 Å². The van der Waals surface area contributed by atoms with E-state index in [9.17, 15) is 19.1 Å². The molecule has 0 aromatic heterocycles. The highest BCUT2D eigenvalue weighted by atomic mass is 32.2. The van der Waals surface area contributed by atoms with Crippen LogP contribution < -0.4 is 0 Å². The summed E-state index contributed by atoms with van der Waals surface area (Å²) in [5, 5.41) is 10.9. The van der Waals surface area contributed by atoms with Gasteiger partial charge < -0.3 is 4.74 Å². The number of nitrogens with zero attached hydrogens (tertiary/aromatic N) is 1. The van der Waals surface area contributed by atoms with E-state index in [2.05, 4.69) is 0 Å². The maximum atomic E-state index is 12.1. The van der Waals surface area contributed by atoms with Gasteiger partial charge in [0.1, 0.15) is 17.3 Å². The summed E-state index contributed by atoms with van der Waals surface area (Å²) in [5.41, 5.74) is 0.545. The second-order valence-electron chi connectivity index (χ2n) is 4.36.